The lowest BCUT2D eigenvalue weighted by Gasteiger charge is -2.22. The molecule has 0 atom stereocenters. The van der Waals surface area contributed by atoms with Crippen LogP contribution < -0.4 is 0 Å². The van der Waals surface area contributed by atoms with Gasteiger partial charge in [-0.05, 0) is 17.9 Å². The molecule has 0 aliphatic carbocycles. The van der Waals surface area contributed by atoms with E-state index < -0.39 is 12.1 Å². The molecule has 0 aromatic carbocycles. The molecule has 20 heavy (non-hydrogen) atoms. The van der Waals surface area contributed by atoms with Gasteiger partial charge in [0.25, 0.3) is 5.91 Å². The minimum Gasteiger partial charge on any atom is -0.336 e. The standard InChI is InChI=1S/C12H13F3N2O2S/c13-12(14,15)11(19)17-5-2-4-16(6-7-17)10(18)9-3-1-8-20-9/h1,3,8H,2,4-7H2. The van der Waals surface area contributed by atoms with Gasteiger partial charge in [0.2, 0.25) is 0 Å². The second-order valence-corrected chi connectivity index (χ2v) is 5.36. The monoisotopic (exact) mass is 306 g/mol. The van der Waals surface area contributed by atoms with Crippen molar-refractivity contribution >= 4 is 23.2 Å². The van der Waals surface area contributed by atoms with E-state index in [1.807, 2.05) is 0 Å². The maximum atomic E-state index is 12.4. The molecule has 8 heteroatoms. The van der Waals surface area contributed by atoms with Gasteiger partial charge in [-0.2, -0.15) is 13.2 Å². The topological polar surface area (TPSA) is 40.6 Å². The molecular formula is C12H13F3N2O2S. The smallest absolute Gasteiger partial charge is 0.336 e. The normalized spacial score (nSPS) is 16.9. The summed E-state index contributed by atoms with van der Waals surface area (Å²) >= 11 is 1.29. The first-order valence-electron chi connectivity index (χ1n) is 6.08. The fourth-order valence-corrected chi connectivity index (χ4v) is 2.75. The van der Waals surface area contributed by atoms with Crippen molar-refractivity contribution in [1.82, 2.24) is 9.80 Å². The number of nitrogens with zero attached hydrogens (tertiary/aromatic N) is 2. The third kappa shape index (κ3) is 3.30. The summed E-state index contributed by atoms with van der Waals surface area (Å²) in [7, 11) is 0. The molecule has 1 aromatic rings. The summed E-state index contributed by atoms with van der Waals surface area (Å²) in [5.74, 6) is -2.02. The summed E-state index contributed by atoms with van der Waals surface area (Å²) in [4.78, 5) is 26.1. The molecule has 4 nitrogen and oxygen atoms in total. The summed E-state index contributed by atoms with van der Waals surface area (Å²) in [5, 5.41) is 1.77. The third-order valence-electron chi connectivity index (χ3n) is 3.04. The first-order valence-corrected chi connectivity index (χ1v) is 6.96. The summed E-state index contributed by atoms with van der Waals surface area (Å²) in [6.45, 7) is 0.416. The first kappa shape index (κ1) is 14.8. The Balaban J connectivity index is 1.99. The maximum Gasteiger partial charge on any atom is 0.471 e. The summed E-state index contributed by atoms with van der Waals surface area (Å²) < 4.78 is 37.1. The second-order valence-electron chi connectivity index (χ2n) is 4.41. The zero-order chi connectivity index (χ0) is 14.8. The van der Waals surface area contributed by atoms with Crippen LogP contribution in [0.2, 0.25) is 0 Å². The molecule has 1 aliphatic heterocycles. The van der Waals surface area contributed by atoms with Crippen molar-refractivity contribution in [3.8, 4) is 0 Å². The lowest BCUT2D eigenvalue weighted by Crippen LogP contribution is -2.43. The SMILES string of the molecule is O=C(c1cccs1)N1CCCN(C(=O)C(F)(F)F)CC1. The Labute approximate surface area is 117 Å². The molecule has 1 fully saturated rings. The van der Waals surface area contributed by atoms with Crippen LogP contribution in [0.4, 0.5) is 13.2 Å². The van der Waals surface area contributed by atoms with Gasteiger partial charge in [0.15, 0.2) is 0 Å². The van der Waals surface area contributed by atoms with Gasteiger partial charge < -0.3 is 9.80 Å². The Bertz CT molecular complexity index is 487. The van der Waals surface area contributed by atoms with E-state index in [0.29, 0.717) is 17.8 Å². The zero-order valence-electron chi connectivity index (χ0n) is 10.5. The minimum atomic E-state index is -4.85. The van der Waals surface area contributed by atoms with E-state index in [0.717, 1.165) is 4.90 Å². The van der Waals surface area contributed by atoms with Gasteiger partial charge in [-0.15, -0.1) is 11.3 Å². The number of hydrogen-bond acceptors (Lipinski definition) is 3. The Morgan fingerprint density at radius 2 is 1.75 bits per heavy atom. The highest BCUT2D eigenvalue weighted by Crippen LogP contribution is 2.20. The van der Waals surface area contributed by atoms with E-state index in [1.54, 1.807) is 17.5 Å². The highest BCUT2D eigenvalue weighted by atomic mass is 32.1. The molecule has 1 aliphatic rings. The van der Waals surface area contributed by atoms with Crippen LogP contribution in [-0.4, -0.2) is 54.0 Å². The van der Waals surface area contributed by atoms with Gasteiger partial charge in [0, 0.05) is 26.2 Å². The van der Waals surface area contributed by atoms with E-state index in [9.17, 15) is 22.8 Å². The van der Waals surface area contributed by atoms with Crippen molar-refractivity contribution in [2.24, 2.45) is 0 Å². The van der Waals surface area contributed by atoms with Crippen LogP contribution in [0.3, 0.4) is 0 Å². The fraction of sp³-hybridized carbons (Fsp3) is 0.500. The van der Waals surface area contributed by atoms with Crippen LogP contribution in [0, 0.1) is 0 Å². The van der Waals surface area contributed by atoms with E-state index in [1.165, 1.54) is 16.2 Å². The lowest BCUT2D eigenvalue weighted by atomic mass is 10.3. The van der Waals surface area contributed by atoms with Crippen molar-refractivity contribution in [3.05, 3.63) is 22.4 Å². The number of carbonyl (C=O) groups is 2. The number of rotatable bonds is 1. The lowest BCUT2D eigenvalue weighted by molar-refractivity contribution is -0.185. The van der Waals surface area contributed by atoms with Crippen molar-refractivity contribution in [2.75, 3.05) is 26.2 Å². The predicted molar refractivity (Wildman–Crippen MR) is 67.5 cm³/mol. The highest BCUT2D eigenvalue weighted by molar-refractivity contribution is 7.12. The van der Waals surface area contributed by atoms with Crippen molar-refractivity contribution in [3.63, 3.8) is 0 Å². The average Bonchev–Trinajstić information content (AvgIpc) is 2.80. The molecule has 0 radical (unpaired) electrons. The van der Waals surface area contributed by atoms with Gasteiger partial charge in [-0.25, -0.2) is 0 Å². The van der Waals surface area contributed by atoms with E-state index in [4.69, 9.17) is 0 Å². The number of hydrogen-bond donors (Lipinski definition) is 0. The number of amides is 2. The predicted octanol–water partition coefficient (Wildman–Crippen LogP) is 1.98. The molecule has 1 saturated heterocycles. The van der Waals surface area contributed by atoms with E-state index in [-0.39, 0.29) is 25.5 Å². The van der Waals surface area contributed by atoms with Crippen LogP contribution in [-0.2, 0) is 4.79 Å². The van der Waals surface area contributed by atoms with E-state index >= 15 is 0 Å². The molecule has 0 bridgehead atoms. The van der Waals surface area contributed by atoms with Crippen LogP contribution >= 0.6 is 11.3 Å². The quantitative estimate of drug-likeness (QED) is 0.796. The van der Waals surface area contributed by atoms with Crippen molar-refractivity contribution in [1.29, 1.82) is 0 Å². The van der Waals surface area contributed by atoms with Crippen LogP contribution in [0.15, 0.2) is 17.5 Å². The molecule has 110 valence electrons. The molecule has 2 amide bonds. The summed E-state index contributed by atoms with van der Waals surface area (Å²) in [6.07, 6.45) is -4.51. The van der Waals surface area contributed by atoms with Crippen LogP contribution in [0.1, 0.15) is 16.1 Å². The summed E-state index contributed by atoms with van der Waals surface area (Å²) in [6, 6.07) is 3.42. The van der Waals surface area contributed by atoms with Gasteiger partial charge in [0.1, 0.15) is 0 Å². The number of alkyl halides is 3. The van der Waals surface area contributed by atoms with Gasteiger partial charge >= 0.3 is 12.1 Å². The van der Waals surface area contributed by atoms with Crippen LogP contribution in [0.5, 0.6) is 0 Å². The first-order chi connectivity index (χ1) is 9.39. The molecule has 2 heterocycles. The molecule has 0 spiro atoms. The Morgan fingerprint density at radius 3 is 2.35 bits per heavy atom. The molecule has 2 rings (SSSR count). The van der Waals surface area contributed by atoms with Crippen molar-refractivity contribution < 1.29 is 22.8 Å². The minimum absolute atomic E-state index is 0.0204. The second kappa shape index (κ2) is 5.82. The third-order valence-corrected chi connectivity index (χ3v) is 3.90. The molecule has 0 N–H and O–H groups in total. The van der Waals surface area contributed by atoms with Gasteiger partial charge in [-0.3, -0.25) is 9.59 Å². The maximum absolute atomic E-state index is 12.4. The Morgan fingerprint density at radius 1 is 1.10 bits per heavy atom. The number of halogens is 3. The highest BCUT2D eigenvalue weighted by Gasteiger charge is 2.42. The van der Waals surface area contributed by atoms with E-state index in [2.05, 4.69) is 0 Å². The largest absolute Gasteiger partial charge is 0.471 e. The van der Waals surface area contributed by atoms with Gasteiger partial charge in [-0.1, -0.05) is 6.07 Å². The van der Waals surface area contributed by atoms with Crippen LogP contribution in [0.25, 0.3) is 0 Å². The molecule has 1 aromatic heterocycles. The molecular weight excluding hydrogens is 293 g/mol. The molecule has 0 unspecified atom stereocenters. The Kier molecular flexibility index (Phi) is 4.32. The zero-order valence-corrected chi connectivity index (χ0v) is 11.3. The molecule has 0 saturated carbocycles. The fourth-order valence-electron chi connectivity index (χ4n) is 2.06. The summed E-state index contributed by atoms with van der Waals surface area (Å²) in [5.41, 5.74) is 0. The van der Waals surface area contributed by atoms with Gasteiger partial charge in [0.05, 0.1) is 4.88 Å². The van der Waals surface area contributed by atoms with Crippen molar-refractivity contribution in [2.45, 2.75) is 12.6 Å². The average molecular weight is 306 g/mol. The number of thiophene rings is 1. The Hall–Kier alpha value is -1.57. The number of carbonyl (C=O) groups excluding carboxylic acids is 2.